The van der Waals surface area contributed by atoms with Crippen molar-refractivity contribution in [3.8, 4) is 0 Å². The molecular weight excluding hydrogens is 408 g/mol. The first-order valence-electron chi connectivity index (χ1n) is 10.6. The fourth-order valence-electron chi connectivity index (χ4n) is 3.30. The van der Waals surface area contributed by atoms with Crippen LogP contribution in [0.25, 0.3) is 0 Å². The number of nitrogens with zero attached hydrogens (tertiary/aromatic N) is 1. The normalized spacial score (nSPS) is 13.5. The predicted octanol–water partition coefficient (Wildman–Crippen LogP) is 4.93. The van der Waals surface area contributed by atoms with Gasteiger partial charge >= 0.3 is 0 Å². The lowest BCUT2D eigenvalue weighted by atomic mass is 9.86. The Bertz CT molecular complexity index is 997. The van der Waals surface area contributed by atoms with Crippen LogP contribution in [0, 0.1) is 0 Å². The van der Waals surface area contributed by atoms with Crippen LogP contribution in [0.15, 0.2) is 48.5 Å². The summed E-state index contributed by atoms with van der Waals surface area (Å²) >= 11 is 0. The molecule has 0 radical (unpaired) electrons. The molecule has 5 nitrogen and oxygen atoms in total. The van der Waals surface area contributed by atoms with Crippen molar-refractivity contribution in [2.75, 3.05) is 17.1 Å². The van der Waals surface area contributed by atoms with Gasteiger partial charge in [-0.1, -0.05) is 77.9 Å². The molecule has 0 spiro atoms. The summed E-state index contributed by atoms with van der Waals surface area (Å²) in [7, 11) is -3.61. The molecule has 0 heterocycles. The van der Waals surface area contributed by atoms with Crippen molar-refractivity contribution in [1.29, 1.82) is 0 Å². The van der Waals surface area contributed by atoms with Gasteiger partial charge in [-0.05, 0) is 46.6 Å². The molecule has 0 saturated heterocycles. The molecule has 1 atom stereocenters. The van der Waals surface area contributed by atoms with Gasteiger partial charge in [0.2, 0.25) is 15.9 Å². The zero-order valence-electron chi connectivity index (χ0n) is 20.0. The zero-order chi connectivity index (χ0) is 23.6. The van der Waals surface area contributed by atoms with Crippen molar-refractivity contribution in [2.45, 2.75) is 65.3 Å². The molecule has 0 fully saturated rings. The average molecular weight is 445 g/mol. The molecule has 0 aliphatic heterocycles. The Kier molecular flexibility index (Phi) is 7.26. The third-order valence-corrected chi connectivity index (χ3v) is 6.50. The second-order valence-corrected chi connectivity index (χ2v) is 12.1. The zero-order valence-corrected chi connectivity index (χ0v) is 20.8. The van der Waals surface area contributed by atoms with Crippen LogP contribution in [0.3, 0.4) is 0 Å². The molecular formula is C25H36N2O3S. The Morgan fingerprint density at radius 3 is 1.68 bits per heavy atom. The molecule has 0 saturated carbocycles. The predicted molar refractivity (Wildman–Crippen MR) is 129 cm³/mol. The molecule has 0 aliphatic carbocycles. The third kappa shape index (κ3) is 6.82. The van der Waals surface area contributed by atoms with Crippen LogP contribution in [-0.2, 0) is 25.6 Å². The van der Waals surface area contributed by atoms with Gasteiger partial charge in [0.1, 0.15) is 6.54 Å². The van der Waals surface area contributed by atoms with Gasteiger partial charge in [0.05, 0.1) is 18.0 Å². The van der Waals surface area contributed by atoms with Crippen molar-refractivity contribution < 1.29 is 13.2 Å². The van der Waals surface area contributed by atoms with Gasteiger partial charge in [0.15, 0.2) is 0 Å². The van der Waals surface area contributed by atoms with E-state index in [1.165, 1.54) is 5.56 Å². The molecule has 0 aromatic heterocycles. The van der Waals surface area contributed by atoms with E-state index in [9.17, 15) is 13.2 Å². The minimum Gasteiger partial charge on any atom is -0.348 e. The van der Waals surface area contributed by atoms with Crippen molar-refractivity contribution in [1.82, 2.24) is 5.32 Å². The summed E-state index contributed by atoms with van der Waals surface area (Å²) in [5, 5.41) is 2.92. The summed E-state index contributed by atoms with van der Waals surface area (Å²) in [5.74, 6) is -0.349. The van der Waals surface area contributed by atoms with Crippen LogP contribution >= 0.6 is 0 Å². The highest BCUT2D eigenvalue weighted by molar-refractivity contribution is 7.92. The largest absolute Gasteiger partial charge is 0.348 e. The quantitative estimate of drug-likeness (QED) is 0.687. The number of carbonyl (C=O) groups excluding carboxylic acids is 1. The molecule has 0 aliphatic rings. The van der Waals surface area contributed by atoms with Gasteiger partial charge in [0.25, 0.3) is 0 Å². The first kappa shape index (κ1) is 24.9. The van der Waals surface area contributed by atoms with Gasteiger partial charge in [-0.15, -0.1) is 0 Å². The molecule has 2 aromatic carbocycles. The smallest absolute Gasteiger partial charge is 0.241 e. The van der Waals surface area contributed by atoms with Gasteiger partial charge in [-0.25, -0.2) is 8.42 Å². The number of amides is 1. The van der Waals surface area contributed by atoms with Gasteiger partial charge in [-0.2, -0.15) is 0 Å². The van der Waals surface area contributed by atoms with Crippen LogP contribution in [0.5, 0.6) is 0 Å². The average Bonchev–Trinajstić information content (AvgIpc) is 2.64. The van der Waals surface area contributed by atoms with Crippen LogP contribution in [-0.4, -0.2) is 27.1 Å². The number of hydrogen-bond donors (Lipinski definition) is 1. The lowest BCUT2D eigenvalue weighted by Gasteiger charge is -2.25. The van der Waals surface area contributed by atoms with Crippen LogP contribution in [0.2, 0.25) is 0 Å². The number of hydrogen-bond acceptors (Lipinski definition) is 3. The van der Waals surface area contributed by atoms with Crippen LogP contribution in [0.4, 0.5) is 5.69 Å². The fourth-order valence-corrected chi connectivity index (χ4v) is 4.16. The summed E-state index contributed by atoms with van der Waals surface area (Å²) in [4.78, 5) is 12.7. The molecule has 1 amide bonds. The monoisotopic (exact) mass is 444 g/mol. The Balaban J connectivity index is 2.14. The Morgan fingerprint density at radius 1 is 0.871 bits per heavy atom. The van der Waals surface area contributed by atoms with Gasteiger partial charge < -0.3 is 5.32 Å². The van der Waals surface area contributed by atoms with Gasteiger partial charge in [-0.3, -0.25) is 9.10 Å². The first-order valence-corrected chi connectivity index (χ1v) is 12.4. The minimum atomic E-state index is -3.61. The number of nitrogens with one attached hydrogen (secondary N) is 1. The second kappa shape index (κ2) is 9.03. The fraction of sp³-hybridized carbons (Fsp3) is 0.480. The molecule has 170 valence electrons. The standard InChI is InChI=1S/C25H36N2O3S/c1-18(19-9-11-20(12-10-19)24(2,3)4)26-23(28)17-27(31(8,29)30)22-15-13-21(14-16-22)25(5,6)7/h9-16,18H,17H2,1-8H3,(H,26,28)/t18-/m1/s1. The summed E-state index contributed by atoms with van der Waals surface area (Å²) in [5.41, 5.74) is 3.79. The SMILES string of the molecule is C[C@@H](NC(=O)CN(c1ccc(C(C)(C)C)cc1)S(C)(=O)=O)c1ccc(C(C)(C)C)cc1. The number of anilines is 1. The summed E-state index contributed by atoms with van der Waals surface area (Å²) in [6, 6.07) is 15.2. The van der Waals surface area contributed by atoms with E-state index in [0.29, 0.717) is 5.69 Å². The summed E-state index contributed by atoms with van der Waals surface area (Å²) in [6.07, 6.45) is 1.12. The lowest BCUT2D eigenvalue weighted by molar-refractivity contribution is -0.120. The molecule has 2 rings (SSSR count). The maximum Gasteiger partial charge on any atom is 0.241 e. The number of sulfonamides is 1. The minimum absolute atomic E-state index is 0.0379. The second-order valence-electron chi connectivity index (χ2n) is 10.2. The number of carbonyl (C=O) groups is 1. The van der Waals surface area contributed by atoms with Crippen molar-refractivity contribution in [3.05, 3.63) is 65.2 Å². The summed E-state index contributed by atoms with van der Waals surface area (Å²) < 4.78 is 25.9. The Hall–Kier alpha value is -2.34. The van der Waals surface area contributed by atoms with E-state index >= 15 is 0 Å². The van der Waals surface area contributed by atoms with E-state index in [2.05, 4.69) is 59.0 Å². The van der Waals surface area contributed by atoms with E-state index in [0.717, 1.165) is 21.7 Å². The molecule has 2 aromatic rings. The van der Waals surface area contributed by atoms with Crippen LogP contribution in [0.1, 0.15) is 71.2 Å². The first-order chi connectivity index (χ1) is 14.1. The Morgan fingerprint density at radius 2 is 1.29 bits per heavy atom. The van der Waals surface area contributed by atoms with E-state index in [4.69, 9.17) is 0 Å². The van der Waals surface area contributed by atoms with Crippen molar-refractivity contribution in [2.24, 2.45) is 0 Å². The van der Waals surface area contributed by atoms with Crippen molar-refractivity contribution in [3.63, 3.8) is 0 Å². The van der Waals surface area contributed by atoms with E-state index in [-0.39, 0.29) is 29.3 Å². The highest BCUT2D eigenvalue weighted by atomic mass is 32.2. The summed E-state index contributed by atoms with van der Waals surface area (Å²) in [6.45, 7) is 14.4. The molecule has 1 N–H and O–H groups in total. The Labute approximate surface area is 187 Å². The van der Waals surface area contributed by atoms with Crippen LogP contribution < -0.4 is 9.62 Å². The number of benzene rings is 2. The molecule has 0 bridgehead atoms. The highest BCUT2D eigenvalue weighted by Crippen LogP contribution is 2.26. The third-order valence-electron chi connectivity index (χ3n) is 5.36. The number of rotatable bonds is 6. The maximum atomic E-state index is 12.7. The highest BCUT2D eigenvalue weighted by Gasteiger charge is 2.23. The lowest BCUT2D eigenvalue weighted by Crippen LogP contribution is -2.41. The van der Waals surface area contributed by atoms with Gasteiger partial charge in [0, 0.05) is 0 Å². The van der Waals surface area contributed by atoms with E-state index < -0.39 is 10.0 Å². The van der Waals surface area contributed by atoms with Crippen molar-refractivity contribution >= 4 is 21.6 Å². The molecule has 31 heavy (non-hydrogen) atoms. The van der Waals surface area contributed by atoms with E-state index in [1.807, 2.05) is 31.2 Å². The maximum absolute atomic E-state index is 12.7. The van der Waals surface area contributed by atoms with E-state index in [1.54, 1.807) is 12.1 Å². The molecule has 6 heteroatoms. The topological polar surface area (TPSA) is 66.5 Å². The molecule has 0 unspecified atom stereocenters.